The van der Waals surface area contributed by atoms with Crippen LogP contribution >= 0.6 is 0 Å². The fourth-order valence-electron chi connectivity index (χ4n) is 1.54. The molecule has 1 aliphatic heterocycles. The summed E-state index contributed by atoms with van der Waals surface area (Å²) in [7, 11) is -1.48. The Balaban J connectivity index is 2.49. The summed E-state index contributed by atoms with van der Waals surface area (Å²) in [6, 6.07) is 3.52. The highest BCUT2D eigenvalue weighted by molar-refractivity contribution is 6.73. The lowest BCUT2D eigenvalue weighted by molar-refractivity contribution is 0.329. The van der Waals surface area contributed by atoms with E-state index in [1.807, 2.05) is 0 Å². The lowest BCUT2D eigenvalue weighted by Gasteiger charge is -2.29. The Morgan fingerprint density at radius 2 is 1.85 bits per heavy atom. The number of ether oxygens (including phenoxy) is 1. The van der Waals surface area contributed by atoms with Crippen LogP contribution < -0.4 is 0 Å². The molecule has 0 unspecified atom stereocenters. The molecule has 0 aliphatic carbocycles. The number of epoxide rings is 1. The van der Waals surface area contributed by atoms with Gasteiger partial charge in [-0.15, -0.1) is 0 Å². The van der Waals surface area contributed by atoms with Crippen molar-refractivity contribution in [1.82, 2.24) is 0 Å². The van der Waals surface area contributed by atoms with E-state index in [0.717, 1.165) is 12.4 Å². The average molecular weight is 200 g/mol. The van der Waals surface area contributed by atoms with E-state index in [2.05, 4.69) is 27.4 Å². The fourth-order valence-corrected chi connectivity index (χ4v) is 4.16. The molecule has 0 radical (unpaired) electrons. The molecule has 0 aromatic carbocycles. The summed E-state index contributed by atoms with van der Waals surface area (Å²) in [5.41, 5.74) is 0. The highest BCUT2D eigenvalue weighted by Crippen LogP contribution is 2.28. The molecule has 1 aliphatic rings. The molecular weight excluding hydrogens is 180 g/mol. The van der Waals surface area contributed by atoms with Crippen molar-refractivity contribution in [2.45, 2.75) is 45.0 Å². The van der Waals surface area contributed by atoms with Crippen molar-refractivity contribution in [3.63, 3.8) is 0 Å². The van der Waals surface area contributed by atoms with Gasteiger partial charge in [0, 0.05) is 0 Å². The molecule has 13 heavy (non-hydrogen) atoms. The topological polar surface area (TPSA) is 21.8 Å². The summed E-state index contributed by atoms with van der Waals surface area (Å²) < 4.78 is 11.2. The van der Waals surface area contributed by atoms with Gasteiger partial charge in [0.2, 0.25) is 8.32 Å². The first-order valence-electron chi connectivity index (χ1n) is 5.17. The van der Waals surface area contributed by atoms with Crippen molar-refractivity contribution in [2.75, 3.05) is 6.61 Å². The number of rotatable bonds is 6. The van der Waals surface area contributed by atoms with Crippen LogP contribution in [0.4, 0.5) is 0 Å². The first kappa shape index (κ1) is 10.8. The minimum absolute atomic E-state index is 0.205. The van der Waals surface area contributed by atoms with E-state index in [1.165, 1.54) is 18.1 Å². The molecule has 3 heteroatoms. The van der Waals surface area contributed by atoms with Crippen LogP contribution in [-0.4, -0.2) is 21.0 Å². The molecule has 76 valence electrons. The van der Waals surface area contributed by atoms with Crippen molar-refractivity contribution in [2.24, 2.45) is 0 Å². The lowest BCUT2D eigenvalue weighted by atomic mass is 10.4. The van der Waals surface area contributed by atoms with Gasteiger partial charge in [-0.25, -0.2) is 0 Å². The van der Waals surface area contributed by atoms with Crippen LogP contribution in [0.25, 0.3) is 0 Å². The Morgan fingerprint density at radius 3 is 2.15 bits per heavy atom. The van der Waals surface area contributed by atoms with Gasteiger partial charge in [0.05, 0.1) is 6.61 Å². The van der Waals surface area contributed by atoms with Crippen LogP contribution in [0.2, 0.25) is 18.1 Å². The zero-order chi connectivity index (χ0) is 9.90. The van der Waals surface area contributed by atoms with E-state index >= 15 is 0 Å². The molecule has 1 rings (SSSR count). The van der Waals surface area contributed by atoms with E-state index in [4.69, 9.17) is 9.16 Å². The molecule has 0 aromatic rings. The molecule has 2 nitrogen and oxygen atoms in total. The zero-order valence-corrected chi connectivity index (χ0v) is 9.93. The summed E-state index contributed by atoms with van der Waals surface area (Å²) in [6.07, 6.45) is 0.205. The van der Waals surface area contributed by atoms with Gasteiger partial charge in [-0.3, -0.25) is 0 Å². The molecular formula is C10H20O2Si. The Morgan fingerprint density at radius 1 is 1.38 bits per heavy atom. The third-order valence-electron chi connectivity index (χ3n) is 2.97. The molecule has 1 heterocycles. The molecule has 1 saturated heterocycles. The van der Waals surface area contributed by atoms with Crippen molar-refractivity contribution < 1.29 is 9.16 Å². The summed E-state index contributed by atoms with van der Waals surface area (Å²) >= 11 is 0. The second kappa shape index (κ2) is 4.29. The Kier molecular flexibility index (Phi) is 3.56. The molecule has 0 N–H and O–H groups in total. The smallest absolute Gasteiger partial charge is 0.250 e. The fraction of sp³-hybridized carbons (Fsp3) is 0.800. The average Bonchev–Trinajstić information content (AvgIpc) is 2.97. The van der Waals surface area contributed by atoms with E-state index in [0.29, 0.717) is 0 Å². The number of hydrogen-bond donors (Lipinski definition) is 0. The minimum Gasteiger partial charge on any atom is -0.545 e. The summed E-state index contributed by atoms with van der Waals surface area (Å²) in [5.74, 6) is 0.872. The van der Waals surface area contributed by atoms with E-state index in [9.17, 15) is 0 Å². The van der Waals surface area contributed by atoms with Crippen molar-refractivity contribution in [3.05, 3.63) is 12.3 Å². The van der Waals surface area contributed by atoms with Crippen LogP contribution in [-0.2, 0) is 9.16 Å². The first-order valence-corrected chi connectivity index (χ1v) is 7.69. The summed E-state index contributed by atoms with van der Waals surface area (Å²) in [6.45, 7) is 11.4. The third-order valence-corrected chi connectivity index (χ3v) is 7.53. The van der Waals surface area contributed by atoms with Gasteiger partial charge in [0.25, 0.3) is 0 Å². The number of hydrogen-bond acceptors (Lipinski definition) is 2. The maximum absolute atomic E-state index is 6.03. The highest BCUT2D eigenvalue weighted by Gasteiger charge is 2.36. The van der Waals surface area contributed by atoms with Crippen molar-refractivity contribution in [1.29, 1.82) is 0 Å². The Bertz CT molecular complexity index is 175. The predicted molar refractivity (Wildman–Crippen MR) is 57.2 cm³/mol. The largest absolute Gasteiger partial charge is 0.545 e. The molecule has 0 amide bonds. The molecule has 0 bridgehead atoms. The molecule has 1 atom stereocenters. The lowest BCUT2D eigenvalue weighted by Crippen LogP contribution is -2.35. The Labute approximate surface area is 82.1 Å². The predicted octanol–water partition coefficient (Wildman–Crippen LogP) is 2.92. The van der Waals surface area contributed by atoms with Crippen LogP contribution in [0, 0.1) is 0 Å². The standard InChI is InChI=1S/C10H20O2Si/c1-5-13(6-2,7-3)12-9(4)10-8-11-10/h10H,4-8H2,1-3H3/t10-/m0/s1. The van der Waals surface area contributed by atoms with Gasteiger partial charge in [-0.2, -0.15) is 0 Å². The van der Waals surface area contributed by atoms with Gasteiger partial charge in [0.15, 0.2) is 0 Å². The first-order chi connectivity index (χ1) is 6.17. The van der Waals surface area contributed by atoms with Crippen LogP contribution in [0.15, 0.2) is 12.3 Å². The van der Waals surface area contributed by atoms with E-state index in [-0.39, 0.29) is 6.10 Å². The molecule has 0 aromatic heterocycles. The highest BCUT2D eigenvalue weighted by atomic mass is 28.4. The Hall–Kier alpha value is -0.283. The van der Waals surface area contributed by atoms with Gasteiger partial charge >= 0.3 is 0 Å². The van der Waals surface area contributed by atoms with Gasteiger partial charge < -0.3 is 9.16 Å². The molecule has 0 saturated carbocycles. The third kappa shape index (κ3) is 2.58. The monoisotopic (exact) mass is 200 g/mol. The van der Waals surface area contributed by atoms with Crippen LogP contribution in [0.5, 0.6) is 0 Å². The molecule has 0 spiro atoms. The summed E-state index contributed by atoms with van der Waals surface area (Å²) in [5, 5.41) is 0. The second-order valence-electron chi connectivity index (χ2n) is 3.63. The van der Waals surface area contributed by atoms with Crippen molar-refractivity contribution in [3.8, 4) is 0 Å². The van der Waals surface area contributed by atoms with Crippen LogP contribution in [0.1, 0.15) is 20.8 Å². The zero-order valence-electron chi connectivity index (χ0n) is 8.93. The maximum atomic E-state index is 6.03. The molecule has 1 fully saturated rings. The second-order valence-corrected chi connectivity index (χ2v) is 8.33. The van der Waals surface area contributed by atoms with Gasteiger partial charge in [-0.1, -0.05) is 27.4 Å². The van der Waals surface area contributed by atoms with Gasteiger partial charge in [0.1, 0.15) is 11.9 Å². The summed E-state index contributed by atoms with van der Waals surface area (Å²) in [4.78, 5) is 0. The van der Waals surface area contributed by atoms with E-state index < -0.39 is 8.32 Å². The van der Waals surface area contributed by atoms with Crippen LogP contribution in [0.3, 0.4) is 0 Å². The normalized spacial score (nSPS) is 21.3. The minimum atomic E-state index is -1.48. The van der Waals surface area contributed by atoms with Crippen molar-refractivity contribution >= 4 is 8.32 Å². The quantitative estimate of drug-likeness (QED) is 0.373. The van der Waals surface area contributed by atoms with E-state index in [1.54, 1.807) is 0 Å². The maximum Gasteiger partial charge on any atom is 0.250 e. The SMILES string of the molecule is C=C(O[Si](CC)(CC)CC)[C@@H]1CO1. The van der Waals surface area contributed by atoms with Gasteiger partial charge in [-0.05, 0) is 18.1 Å².